The molecule has 0 spiro atoms. The Morgan fingerprint density at radius 1 is 0.954 bits per heavy atom. The van der Waals surface area contributed by atoms with Crippen molar-refractivity contribution in [1.29, 1.82) is 0 Å². The molecule has 1 atom stereocenters. The molecule has 2 aromatic heterocycles. The lowest BCUT2D eigenvalue weighted by Crippen LogP contribution is -2.54. The Hall–Kier alpha value is -6.90. The minimum Gasteiger partial charge on any atom is -0.343 e. The summed E-state index contributed by atoms with van der Waals surface area (Å²) >= 11 is 0. The van der Waals surface area contributed by atoms with Crippen LogP contribution in [0, 0.1) is 11.8 Å². The lowest BCUT2D eigenvalue weighted by Gasteiger charge is -2.34. The number of hydrogen-bond donors (Lipinski definition) is 2. The fourth-order valence-electron chi connectivity index (χ4n) is 9.92. The number of aromatic nitrogens is 4. The molecule has 2 saturated heterocycles. The van der Waals surface area contributed by atoms with Crippen molar-refractivity contribution < 1.29 is 37.5 Å². The van der Waals surface area contributed by atoms with Crippen LogP contribution in [0.1, 0.15) is 119 Å². The third kappa shape index (κ3) is 8.23. The molecule has 4 aromatic rings. The van der Waals surface area contributed by atoms with Gasteiger partial charge in [-0.2, -0.15) is 10.2 Å². The van der Waals surface area contributed by atoms with Crippen molar-refractivity contribution in [1.82, 2.24) is 44.9 Å². The number of aryl methyl sites for hydroxylation is 2. The Bertz CT molecular complexity index is 2670. The Kier molecular flexibility index (Phi) is 12.0. The summed E-state index contributed by atoms with van der Waals surface area (Å²) in [7, 11) is 3.36. The first kappa shape index (κ1) is 43.4. The van der Waals surface area contributed by atoms with Gasteiger partial charge < -0.3 is 20.0 Å². The number of hydrogen-bond acceptors (Lipinski definition) is 9. The Morgan fingerprint density at radius 3 is 2.51 bits per heavy atom. The lowest BCUT2D eigenvalue weighted by molar-refractivity contribution is -0.136. The normalized spacial score (nSPS) is 18.6. The van der Waals surface area contributed by atoms with Gasteiger partial charge in [-0.25, -0.2) is 13.6 Å². The van der Waals surface area contributed by atoms with Crippen LogP contribution < -0.4 is 15.5 Å². The second-order valence-corrected chi connectivity index (χ2v) is 17.2. The van der Waals surface area contributed by atoms with E-state index in [9.17, 15) is 37.5 Å². The molecule has 0 bridgehead atoms. The average molecular weight is 889 g/mol. The van der Waals surface area contributed by atoms with Crippen LogP contribution in [0.2, 0.25) is 0 Å². The smallest absolute Gasteiger partial charge is 0.317 e. The number of carbonyl (C=O) groups is 6. The van der Waals surface area contributed by atoms with Crippen LogP contribution in [-0.2, 0) is 40.8 Å². The Morgan fingerprint density at radius 2 is 1.77 bits per heavy atom. The lowest BCUT2D eigenvalue weighted by atomic mass is 9.92. The number of imide groups is 2. The molecule has 9 rings (SSSR count). The van der Waals surface area contributed by atoms with Gasteiger partial charge in [-0.05, 0) is 80.3 Å². The van der Waals surface area contributed by atoms with Gasteiger partial charge in [-0.1, -0.05) is 17.9 Å². The van der Waals surface area contributed by atoms with Gasteiger partial charge in [0.05, 0.1) is 29.9 Å². The monoisotopic (exact) mass is 888 g/mol. The second kappa shape index (κ2) is 17.9. The van der Waals surface area contributed by atoms with Crippen LogP contribution in [0.5, 0.6) is 0 Å². The molecule has 2 fully saturated rings. The quantitative estimate of drug-likeness (QED) is 0.130. The van der Waals surface area contributed by atoms with E-state index in [0.717, 1.165) is 34.6 Å². The number of anilines is 2. The van der Waals surface area contributed by atoms with Crippen LogP contribution in [0.15, 0.2) is 42.7 Å². The molecule has 1 unspecified atom stereocenters. The van der Waals surface area contributed by atoms with E-state index in [2.05, 4.69) is 32.3 Å². The standard InChI is InChI=1S/C47H50F2N10O6/c1-50-47(65)56-22-18-36-35(27-56)43(57-19-8-11-29-23-33(30-25-51-54(2)26-30)34(42(48)49)24-38(29)57)53-59(36)31-16-20-55(21-17-31)40(61)13-6-4-3-5-9-28-10-7-12-32-41(28)46(64)58(45(32)63)37-14-15-39(60)52-44(37)62/h7,10,12,23-26,31,37,42H,3-4,6,8,11,13-22,27H2,1-2H3,(H,50,65)(H,52,60,62). The van der Waals surface area contributed by atoms with Crippen molar-refractivity contribution in [3.05, 3.63) is 81.8 Å². The molecule has 2 aromatic carbocycles. The number of benzene rings is 2. The second-order valence-electron chi connectivity index (χ2n) is 17.2. The number of alkyl halides is 2. The number of carbonyl (C=O) groups excluding carboxylic acids is 6. The average Bonchev–Trinajstić information content (AvgIpc) is 3.99. The van der Waals surface area contributed by atoms with Gasteiger partial charge >= 0.3 is 6.03 Å². The van der Waals surface area contributed by atoms with E-state index in [0.29, 0.717) is 106 Å². The fraction of sp³-hybridized carbons (Fsp3) is 0.447. The summed E-state index contributed by atoms with van der Waals surface area (Å²) in [5.41, 5.74) is 5.35. The van der Waals surface area contributed by atoms with Crippen molar-refractivity contribution in [2.75, 3.05) is 38.1 Å². The van der Waals surface area contributed by atoms with E-state index in [1.165, 1.54) is 6.07 Å². The molecule has 7 amide bonds. The zero-order valence-corrected chi connectivity index (χ0v) is 36.4. The number of urea groups is 1. The molecule has 0 saturated carbocycles. The van der Waals surface area contributed by atoms with E-state index in [1.54, 1.807) is 54.3 Å². The molecule has 5 aliphatic rings. The number of piperidine rings is 2. The fourth-order valence-corrected chi connectivity index (χ4v) is 9.92. The highest BCUT2D eigenvalue weighted by Gasteiger charge is 2.45. The highest BCUT2D eigenvalue weighted by molar-refractivity contribution is 6.24. The van der Waals surface area contributed by atoms with Gasteiger partial charge in [-0.3, -0.25) is 43.6 Å². The predicted molar refractivity (Wildman–Crippen MR) is 233 cm³/mol. The van der Waals surface area contributed by atoms with E-state index in [-0.39, 0.29) is 47.5 Å². The molecule has 0 radical (unpaired) electrons. The largest absolute Gasteiger partial charge is 0.343 e. The highest BCUT2D eigenvalue weighted by atomic mass is 19.3. The molecule has 18 heteroatoms. The van der Waals surface area contributed by atoms with E-state index >= 15 is 0 Å². The summed E-state index contributed by atoms with van der Waals surface area (Å²) in [4.78, 5) is 83.6. The van der Waals surface area contributed by atoms with Crippen molar-refractivity contribution in [2.24, 2.45) is 7.05 Å². The molecule has 338 valence electrons. The maximum Gasteiger partial charge on any atom is 0.317 e. The molecule has 7 heterocycles. The Labute approximate surface area is 374 Å². The van der Waals surface area contributed by atoms with E-state index < -0.39 is 36.1 Å². The number of amides is 7. The maximum absolute atomic E-state index is 14.7. The van der Waals surface area contributed by atoms with Gasteiger partial charge in [0.2, 0.25) is 17.7 Å². The van der Waals surface area contributed by atoms with Crippen LogP contribution in [0.3, 0.4) is 0 Å². The van der Waals surface area contributed by atoms with E-state index in [4.69, 9.17) is 5.10 Å². The number of unbranched alkanes of at least 4 members (excludes halogenated alkanes) is 2. The molecule has 2 N–H and O–H groups in total. The van der Waals surface area contributed by atoms with Crippen LogP contribution in [0.4, 0.5) is 25.1 Å². The molecular formula is C47H50F2N10O6. The first-order chi connectivity index (χ1) is 31.4. The predicted octanol–water partition coefficient (Wildman–Crippen LogP) is 5.18. The third-order valence-electron chi connectivity index (χ3n) is 13.2. The molecule has 0 aliphatic carbocycles. The first-order valence-electron chi connectivity index (χ1n) is 22.3. The summed E-state index contributed by atoms with van der Waals surface area (Å²) in [5, 5.41) is 14.4. The first-order valence-corrected chi connectivity index (χ1v) is 22.3. The molecule has 65 heavy (non-hydrogen) atoms. The Balaban J connectivity index is 0.843. The molecule has 16 nitrogen and oxygen atoms in total. The van der Waals surface area contributed by atoms with Gasteiger partial charge in [0.25, 0.3) is 18.2 Å². The summed E-state index contributed by atoms with van der Waals surface area (Å²) in [6.07, 6.45) is 6.33. The third-order valence-corrected chi connectivity index (χ3v) is 13.2. The zero-order chi connectivity index (χ0) is 45.5. The maximum atomic E-state index is 14.7. The number of likely N-dealkylation sites (tertiary alicyclic amines) is 1. The van der Waals surface area contributed by atoms with Crippen LogP contribution in [0.25, 0.3) is 11.1 Å². The summed E-state index contributed by atoms with van der Waals surface area (Å²) < 4.78 is 33.1. The SMILES string of the molecule is CNC(=O)N1CCc2c(c(N3CCCc4cc(-c5cnn(C)c5)c(C(F)F)cc43)nn2C2CCN(C(=O)CCCCC#Cc3cccc4c3C(=O)N(C3CCC(=O)NC3=O)C4=O)CC2)C1. The number of nitrogens with zero attached hydrogens (tertiary/aromatic N) is 8. The highest BCUT2D eigenvalue weighted by Crippen LogP contribution is 2.44. The topological polar surface area (TPSA) is 175 Å². The van der Waals surface area contributed by atoms with Gasteiger partial charge in [0, 0.05) is 106 Å². The number of halogens is 2. The minimum absolute atomic E-state index is 0.00919. The zero-order valence-electron chi connectivity index (χ0n) is 36.4. The summed E-state index contributed by atoms with van der Waals surface area (Å²) in [6.45, 7) is 2.54. The minimum atomic E-state index is -2.71. The van der Waals surface area contributed by atoms with Crippen molar-refractivity contribution >= 4 is 47.1 Å². The molecular weight excluding hydrogens is 839 g/mol. The summed E-state index contributed by atoms with van der Waals surface area (Å²) in [5.74, 6) is 4.55. The van der Waals surface area contributed by atoms with Crippen LogP contribution in [-0.4, -0.2) is 109 Å². The number of fused-ring (bicyclic) bond motifs is 3. The van der Waals surface area contributed by atoms with Crippen molar-refractivity contribution in [3.63, 3.8) is 0 Å². The van der Waals surface area contributed by atoms with Gasteiger partial charge in [0.1, 0.15) is 6.04 Å². The van der Waals surface area contributed by atoms with Gasteiger partial charge in [-0.15, -0.1) is 0 Å². The van der Waals surface area contributed by atoms with E-state index in [1.807, 2.05) is 15.9 Å². The summed E-state index contributed by atoms with van der Waals surface area (Å²) in [6, 6.07) is 7.07. The van der Waals surface area contributed by atoms with Crippen molar-refractivity contribution in [2.45, 2.75) is 95.7 Å². The number of nitrogens with one attached hydrogen (secondary N) is 2. The van der Waals surface area contributed by atoms with Crippen LogP contribution >= 0.6 is 0 Å². The number of rotatable bonds is 9. The molecule has 5 aliphatic heterocycles. The van der Waals surface area contributed by atoms with Crippen molar-refractivity contribution in [3.8, 4) is 23.0 Å². The van der Waals surface area contributed by atoms with Gasteiger partial charge in [0.15, 0.2) is 5.82 Å².